The molecule has 0 atom stereocenters. The maximum Gasteiger partial charge on any atom is 0.150 e. The Morgan fingerprint density at radius 3 is 2.59 bits per heavy atom. The Morgan fingerprint density at radius 1 is 1.18 bits per heavy atom. The van der Waals surface area contributed by atoms with Crippen LogP contribution in [0.15, 0.2) is 40.9 Å². The standard InChI is InChI=1S/C12H8BrFINO/c13-9-6-8(2-3-10(9)14)17-12-4-1-7(15)5-11(12)16/h1-6H,16H2. The third kappa shape index (κ3) is 3.10. The number of nitrogens with two attached hydrogens (primary N) is 1. The van der Waals surface area contributed by atoms with Crippen LogP contribution in [0.1, 0.15) is 0 Å². The van der Waals surface area contributed by atoms with Gasteiger partial charge in [-0.3, -0.25) is 0 Å². The van der Waals surface area contributed by atoms with Crippen molar-refractivity contribution in [2.45, 2.75) is 0 Å². The van der Waals surface area contributed by atoms with Gasteiger partial charge in [0, 0.05) is 3.57 Å². The van der Waals surface area contributed by atoms with Crippen molar-refractivity contribution in [2.75, 3.05) is 5.73 Å². The number of ether oxygens (including phenoxy) is 1. The molecule has 0 saturated heterocycles. The predicted molar refractivity (Wildman–Crippen MR) is 77.7 cm³/mol. The second kappa shape index (κ2) is 5.22. The quantitative estimate of drug-likeness (QED) is 0.584. The smallest absolute Gasteiger partial charge is 0.150 e. The zero-order valence-electron chi connectivity index (χ0n) is 8.58. The molecule has 2 rings (SSSR count). The van der Waals surface area contributed by atoms with Crippen LogP contribution in [0.25, 0.3) is 0 Å². The minimum atomic E-state index is -0.326. The van der Waals surface area contributed by atoms with Crippen LogP contribution in [0, 0.1) is 9.39 Å². The highest BCUT2D eigenvalue weighted by molar-refractivity contribution is 14.1. The fourth-order valence-electron chi connectivity index (χ4n) is 1.28. The summed E-state index contributed by atoms with van der Waals surface area (Å²) >= 11 is 5.27. The number of anilines is 1. The summed E-state index contributed by atoms with van der Waals surface area (Å²) in [6.45, 7) is 0. The molecule has 0 aromatic heterocycles. The van der Waals surface area contributed by atoms with Gasteiger partial charge in [0.1, 0.15) is 17.3 Å². The first-order chi connectivity index (χ1) is 8.06. The topological polar surface area (TPSA) is 35.2 Å². The number of halogens is 3. The molecule has 0 radical (unpaired) electrons. The molecule has 0 unspecified atom stereocenters. The van der Waals surface area contributed by atoms with Crippen molar-refractivity contribution >= 4 is 44.2 Å². The molecule has 0 aliphatic heterocycles. The van der Waals surface area contributed by atoms with Crippen molar-refractivity contribution in [2.24, 2.45) is 0 Å². The zero-order chi connectivity index (χ0) is 12.4. The van der Waals surface area contributed by atoms with Gasteiger partial charge in [0.2, 0.25) is 0 Å². The highest BCUT2D eigenvalue weighted by Gasteiger charge is 2.05. The molecule has 0 spiro atoms. The zero-order valence-corrected chi connectivity index (χ0v) is 12.3. The Labute approximate surface area is 120 Å². The molecule has 0 fully saturated rings. The summed E-state index contributed by atoms with van der Waals surface area (Å²) in [6.07, 6.45) is 0. The molecular weight excluding hydrogens is 400 g/mol. The molecule has 2 aromatic rings. The molecule has 0 saturated carbocycles. The fraction of sp³-hybridized carbons (Fsp3) is 0. The minimum Gasteiger partial charge on any atom is -0.455 e. The SMILES string of the molecule is Nc1cc(I)ccc1Oc1ccc(F)c(Br)c1. The van der Waals surface area contributed by atoms with E-state index in [2.05, 4.69) is 38.5 Å². The average Bonchev–Trinajstić information content (AvgIpc) is 2.27. The average molecular weight is 408 g/mol. The van der Waals surface area contributed by atoms with E-state index in [1.807, 2.05) is 12.1 Å². The predicted octanol–water partition coefficient (Wildman–Crippen LogP) is 4.57. The van der Waals surface area contributed by atoms with Gasteiger partial charge in [0.15, 0.2) is 0 Å². The van der Waals surface area contributed by atoms with Crippen molar-refractivity contribution < 1.29 is 9.13 Å². The molecule has 0 amide bonds. The lowest BCUT2D eigenvalue weighted by Crippen LogP contribution is -1.93. The van der Waals surface area contributed by atoms with Crippen LogP contribution in [0.3, 0.4) is 0 Å². The van der Waals surface area contributed by atoms with Gasteiger partial charge in [-0.05, 0) is 74.9 Å². The van der Waals surface area contributed by atoms with E-state index in [1.165, 1.54) is 6.07 Å². The number of hydrogen-bond donors (Lipinski definition) is 1. The van der Waals surface area contributed by atoms with Crippen molar-refractivity contribution in [1.29, 1.82) is 0 Å². The summed E-state index contributed by atoms with van der Waals surface area (Å²) in [6, 6.07) is 9.94. The van der Waals surface area contributed by atoms with Crippen LogP contribution in [-0.2, 0) is 0 Å². The summed E-state index contributed by atoms with van der Waals surface area (Å²) in [5.41, 5.74) is 6.37. The monoisotopic (exact) mass is 407 g/mol. The minimum absolute atomic E-state index is 0.326. The number of rotatable bonds is 2. The van der Waals surface area contributed by atoms with Crippen LogP contribution < -0.4 is 10.5 Å². The molecule has 0 aliphatic rings. The molecule has 0 heterocycles. The third-order valence-corrected chi connectivity index (χ3v) is 3.37. The van der Waals surface area contributed by atoms with Gasteiger partial charge < -0.3 is 10.5 Å². The maximum absolute atomic E-state index is 13.0. The van der Waals surface area contributed by atoms with Crippen LogP contribution in [0.2, 0.25) is 0 Å². The fourth-order valence-corrected chi connectivity index (χ4v) is 2.15. The van der Waals surface area contributed by atoms with Gasteiger partial charge in [-0.15, -0.1) is 0 Å². The van der Waals surface area contributed by atoms with E-state index in [0.717, 1.165) is 3.57 Å². The van der Waals surface area contributed by atoms with Crippen molar-refractivity contribution in [3.05, 3.63) is 50.3 Å². The maximum atomic E-state index is 13.0. The Kier molecular flexibility index (Phi) is 3.88. The van der Waals surface area contributed by atoms with Crippen LogP contribution in [0.4, 0.5) is 10.1 Å². The lowest BCUT2D eigenvalue weighted by Gasteiger charge is -2.09. The third-order valence-electron chi connectivity index (χ3n) is 2.09. The molecule has 0 bridgehead atoms. The summed E-state index contributed by atoms with van der Waals surface area (Å²) in [7, 11) is 0. The van der Waals surface area contributed by atoms with E-state index < -0.39 is 0 Å². The van der Waals surface area contributed by atoms with Gasteiger partial charge in [-0.25, -0.2) is 4.39 Å². The van der Waals surface area contributed by atoms with Crippen molar-refractivity contribution in [1.82, 2.24) is 0 Å². The second-order valence-corrected chi connectivity index (χ2v) is 5.46. The van der Waals surface area contributed by atoms with Gasteiger partial charge in [0.25, 0.3) is 0 Å². The van der Waals surface area contributed by atoms with E-state index in [-0.39, 0.29) is 5.82 Å². The summed E-state index contributed by atoms with van der Waals surface area (Å²) in [4.78, 5) is 0. The Morgan fingerprint density at radius 2 is 1.94 bits per heavy atom. The van der Waals surface area contributed by atoms with Gasteiger partial charge >= 0.3 is 0 Å². The Balaban J connectivity index is 2.28. The van der Waals surface area contributed by atoms with E-state index in [1.54, 1.807) is 18.2 Å². The van der Waals surface area contributed by atoms with Gasteiger partial charge in [0.05, 0.1) is 10.2 Å². The summed E-state index contributed by atoms with van der Waals surface area (Å²) in [5.74, 6) is 0.767. The first kappa shape index (κ1) is 12.6. The number of nitrogen functional groups attached to an aromatic ring is 1. The normalized spacial score (nSPS) is 10.3. The number of hydrogen-bond acceptors (Lipinski definition) is 2. The first-order valence-corrected chi connectivity index (χ1v) is 6.61. The molecule has 17 heavy (non-hydrogen) atoms. The first-order valence-electron chi connectivity index (χ1n) is 4.74. The molecule has 2 aromatic carbocycles. The van der Waals surface area contributed by atoms with E-state index in [0.29, 0.717) is 21.7 Å². The summed E-state index contributed by atoms with van der Waals surface area (Å²) in [5, 5.41) is 0. The van der Waals surface area contributed by atoms with Gasteiger partial charge in [-0.1, -0.05) is 0 Å². The van der Waals surface area contributed by atoms with E-state index in [4.69, 9.17) is 10.5 Å². The second-order valence-electron chi connectivity index (χ2n) is 3.36. The van der Waals surface area contributed by atoms with Crippen LogP contribution >= 0.6 is 38.5 Å². The lowest BCUT2D eigenvalue weighted by atomic mass is 10.3. The molecule has 2 N–H and O–H groups in total. The molecule has 88 valence electrons. The Hall–Kier alpha value is -0.820. The van der Waals surface area contributed by atoms with Crippen molar-refractivity contribution in [3.8, 4) is 11.5 Å². The lowest BCUT2D eigenvalue weighted by molar-refractivity contribution is 0.482. The molecule has 2 nitrogen and oxygen atoms in total. The van der Waals surface area contributed by atoms with Crippen LogP contribution in [-0.4, -0.2) is 0 Å². The highest BCUT2D eigenvalue weighted by atomic mass is 127. The van der Waals surface area contributed by atoms with Crippen molar-refractivity contribution in [3.63, 3.8) is 0 Å². The number of benzene rings is 2. The molecule has 5 heteroatoms. The largest absolute Gasteiger partial charge is 0.455 e. The van der Waals surface area contributed by atoms with Crippen LogP contribution in [0.5, 0.6) is 11.5 Å². The molecular formula is C12H8BrFINO. The van der Waals surface area contributed by atoms with E-state index >= 15 is 0 Å². The van der Waals surface area contributed by atoms with E-state index in [9.17, 15) is 4.39 Å². The molecule has 0 aliphatic carbocycles. The Bertz CT molecular complexity index is 562. The summed E-state index contributed by atoms with van der Waals surface area (Å²) < 4.78 is 20.0. The highest BCUT2D eigenvalue weighted by Crippen LogP contribution is 2.30. The van der Waals surface area contributed by atoms with Gasteiger partial charge in [-0.2, -0.15) is 0 Å².